The summed E-state index contributed by atoms with van der Waals surface area (Å²) in [5.74, 6) is -10.00. The highest BCUT2D eigenvalue weighted by molar-refractivity contribution is 6.31. The summed E-state index contributed by atoms with van der Waals surface area (Å²) >= 11 is 0. The van der Waals surface area contributed by atoms with Gasteiger partial charge in [-0.3, -0.25) is 57.6 Å². The van der Waals surface area contributed by atoms with Gasteiger partial charge in [-0.2, -0.15) is 0 Å². The van der Waals surface area contributed by atoms with Gasteiger partial charge in [-0.1, -0.05) is 26.0 Å². The van der Waals surface area contributed by atoms with Gasteiger partial charge >= 0.3 is 0 Å². The molecule has 2 aromatic carbocycles. The molecule has 0 bridgehead atoms. The number of rotatable bonds is 36. The summed E-state index contributed by atoms with van der Waals surface area (Å²) in [6.07, 6.45) is -5.71. The van der Waals surface area contributed by atoms with Crippen LogP contribution < -0.4 is 42.4 Å². The maximum Gasteiger partial charge on any atom is 0.253 e. The van der Waals surface area contributed by atoms with Crippen LogP contribution in [0.15, 0.2) is 30.4 Å². The van der Waals surface area contributed by atoms with Crippen molar-refractivity contribution >= 4 is 70.4 Å². The highest BCUT2D eigenvalue weighted by Gasteiger charge is 2.50. The number of hydrogen-bond acceptors (Lipinski definition) is 24. The molecule has 1 saturated heterocycles. The monoisotopic (exact) mass is 1310 g/mol. The molecular weight excluding hydrogens is 1230 g/mol. The molecule has 2 heterocycles. The van der Waals surface area contributed by atoms with Crippen molar-refractivity contribution in [3.05, 3.63) is 63.7 Å². The lowest BCUT2D eigenvalue weighted by atomic mass is 9.71. The number of carbonyl (C=O) groups excluding carboxylic acids is 11. The van der Waals surface area contributed by atoms with Crippen molar-refractivity contribution in [2.45, 2.75) is 140 Å². The number of aliphatic hydroxyl groups is 3. The highest BCUT2D eigenvalue weighted by Crippen LogP contribution is 2.52. The van der Waals surface area contributed by atoms with Crippen LogP contribution in [0.3, 0.4) is 0 Å². The van der Waals surface area contributed by atoms with E-state index in [4.69, 9.17) is 44.3 Å². The number of primary amides is 1. The van der Waals surface area contributed by atoms with E-state index in [9.17, 15) is 78.3 Å². The van der Waals surface area contributed by atoms with Gasteiger partial charge in [0.05, 0.1) is 114 Å². The van der Waals surface area contributed by atoms with E-state index in [0.29, 0.717) is 0 Å². The number of amides is 9. The molecule has 0 radical (unpaired) electrons. The van der Waals surface area contributed by atoms with Crippen LogP contribution in [-0.4, -0.2) is 235 Å². The summed E-state index contributed by atoms with van der Waals surface area (Å²) < 4.78 is 39.4. The van der Waals surface area contributed by atoms with Gasteiger partial charge in [-0.25, -0.2) is 0 Å². The number of ketones is 2. The number of fused-ring (bicyclic) bond motifs is 3. The van der Waals surface area contributed by atoms with E-state index in [1.807, 2.05) is 0 Å². The molecule has 4 aliphatic rings. The van der Waals surface area contributed by atoms with Crippen LogP contribution in [-0.2, 0) is 78.0 Å². The molecule has 2 aliphatic heterocycles. The minimum Gasteiger partial charge on any atom is -0.507 e. The van der Waals surface area contributed by atoms with Gasteiger partial charge in [-0.15, -0.1) is 0 Å². The zero-order chi connectivity index (χ0) is 68.4. The summed E-state index contributed by atoms with van der Waals surface area (Å²) in [5.41, 5.74) is 0.610. The van der Waals surface area contributed by atoms with Gasteiger partial charge in [0.15, 0.2) is 12.1 Å². The number of nitrogens with two attached hydrogens (primary N) is 1. The number of nitrogens with one attached hydrogen (secondary N) is 7. The molecule has 6 rings (SSSR count). The highest BCUT2D eigenvalue weighted by atomic mass is 16.7. The summed E-state index contributed by atoms with van der Waals surface area (Å²) in [5, 5.41) is 80.8. The van der Waals surface area contributed by atoms with E-state index in [0.717, 1.165) is 17.1 Å². The maximum absolute atomic E-state index is 14.2. The number of hydrogen-bond donors (Lipinski definition) is 13. The molecule has 32 heteroatoms. The molecule has 0 spiro atoms. The molecule has 2 aromatic rings. The first-order valence-corrected chi connectivity index (χ1v) is 30.3. The summed E-state index contributed by atoms with van der Waals surface area (Å²) in [4.78, 5) is 144. The molecule has 0 aromatic heterocycles. The molecule has 2 aliphatic carbocycles. The zero-order valence-electron chi connectivity index (χ0n) is 52.5. The predicted octanol–water partition coefficient (Wildman–Crippen LogP) is -2.60. The minimum absolute atomic E-state index is 0.00815. The summed E-state index contributed by atoms with van der Waals surface area (Å²) in [7, 11) is 1.27. The van der Waals surface area contributed by atoms with Crippen molar-refractivity contribution in [2.24, 2.45) is 11.7 Å². The minimum atomic E-state index is -2.26. The Morgan fingerprint density at radius 1 is 0.753 bits per heavy atom. The molecule has 0 saturated carbocycles. The molecule has 93 heavy (non-hydrogen) atoms. The van der Waals surface area contributed by atoms with E-state index < -0.39 is 173 Å². The van der Waals surface area contributed by atoms with E-state index >= 15 is 0 Å². The molecule has 10 atom stereocenters. The number of nitrogens with zero attached hydrogens (tertiary/aromatic N) is 1. The fraction of sp³-hybridized carbons (Fsp3) is 0.574. The third-order valence-corrected chi connectivity index (χ3v) is 15.7. The Hall–Kier alpha value is -8.34. The van der Waals surface area contributed by atoms with E-state index in [1.165, 1.54) is 46.1 Å². The van der Waals surface area contributed by atoms with Crippen molar-refractivity contribution in [2.75, 3.05) is 79.7 Å². The SMILES string of the molecule is COc1cccc2c1C(=O)c1c(O)c3c(c(O)c1C2=O)C[C@@](O)(C(=N)CO)C[C@@H]3O[C@H]1C[C@H](NC(=O)C(CC(C)C)NC(=O)[C@@H](CC(N)=O)NC(=O)[C@@H](C)NC(=O)[C@@H](C)NC(=O)CCOCCOCCOCCOCCNC(=O)CCN2C(=O)C=CC2=O)[C@H](O)[C@H](C)O1. The van der Waals surface area contributed by atoms with Crippen LogP contribution in [0.5, 0.6) is 17.2 Å². The Balaban J connectivity index is 0.948. The first kappa shape index (κ1) is 73.7. The number of phenols is 2. The normalized spacial score (nSPS) is 21.1. The Morgan fingerprint density at radius 2 is 1.34 bits per heavy atom. The van der Waals surface area contributed by atoms with Crippen LogP contribution in [0.1, 0.15) is 122 Å². The van der Waals surface area contributed by atoms with Crippen molar-refractivity contribution < 1.29 is 111 Å². The quantitative estimate of drug-likeness (QED) is 0.0123. The van der Waals surface area contributed by atoms with Crippen LogP contribution in [0.2, 0.25) is 0 Å². The standard InChI is InChI=1S/C61H83N9O23/c1-30(2)24-37(59(84)67-36-26-47(92-33(5)52(36)77)93-40-28-61(86,41(62)29-71)27-35-49(40)56(81)51-50(54(35)79)53(78)34-8-7-9-39(87-6)48(34)55(51)80)69-60(85)38(25-42(63)72)68-58(83)32(4)66-57(82)31(3)65-44(74)13-16-88-18-20-90-22-23-91-21-19-89-17-14-64-43(73)12-15-70-45(75)10-11-46(70)76/h7-11,30-33,36-38,40,47,52,62,71,77,79,81,86H,12-29H2,1-6H3,(H2,63,72)(H,64,73)(H,65,74)(H,66,82)(H,67,84)(H,68,83)(H,69,85)/t31-,32-,33+,36+,37?,38-,40+,47+,52-,61+/m1/s1. The van der Waals surface area contributed by atoms with Crippen LogP contribution >= 0.6 is 0 Å². The van der Waals surface area contributed by atoms with Crippen LogP contribution in [0.25, 0.3) is 0 Å². The van der Waals surface area contributed by atoms with E-state index in [2.05, 4.69) is 31.9 Å². The third kappa shape index (κ3) is 19.4. The Morgan fingerprint density at radius 3 is 1.96 bits per heavy atom. The van der Waals surface area contributed by atoms with Crippen molar-refractivity contribution in [1.29, 1.82) is 5.41 Å². The zero-order valence-corrected chi connectivity index (χ0v) is 52.5. The number of benzene rings is 2. The first-order chi connectivity index (χ1) is 44.1. The fourth-order valence-corrected chi connectivity index (χ4v) is 10.8. The van der Waals surface area contributed by atoms with E-state index in [-0.39, 0.29) is 131 Å². The lowest BCUT2D eigenvalue weighted by Crippen LogP contribution is -2.61. The number of imide groups is 1. The number of methoxy groups -OCH3 is 1. The number of carbonyl (C=O) groups is 11. The second-order valence-electron chi connectivity index (χ2n) is 23.1. The van der Waals surface area contributed by atoms with Gasteiger partial charge in [0.1, 0.15) is 53.1 Å². The predicted molar refractivity (Wildman–Crippen MR) is 322 cm³/mol. The second-order valence-corrected chi connectivity index (χ2v) is 23.1. The molecule has 1 fully saturated rings. The average Bonchev–Trinajstić information content (AvgIpc) is 0.963. The number of phenolic OH excluding ortho intramolecular Hbond substituents is 2. The smallest absolute Gasteiger partial charge is 0.253 e. The summed E-state index contributed by atoms with van der Waals surface area (Å²) in [6, 6.07) is -2.55. The molecule has 32 nitrogen and oxygen atoms in total. The molecule has 510 valence electrons. The maximum atomic E-state index is 14.2. The van der Waals surface area contributed by atoms with E-state index in [1.54, 1.807) is 13.8 Å². The summed E-state index contributed by atoms with van der Waals surface area (Å²) in [6.45, 7) is 8.43. The number of aliphatic hydroxyl groups excluding tert-OH is 2. The fourth-order valence-electron chi connectivity index (χ4n) is 10.8. The lowest BCUT2D eigenvalue weighted by molar-refractivity contribution is -0.248. The Bertz CT molecular complexity index is 3160. The molecule has 14 N–H and O–H groups in total. The Labute approximate surface area is 534 Å². The second kappa shape index (κ2) is 34.0. The van der Waals surface area contributed by atoms with Gasteiger partial charge < -0.3 is 102 Å². The van der Waals surface area contributed by atoms with Crippen molar-refractivity contribution in [3.63, 3.8) is 0 Å². The third-order valence-electron chi connectivity index (χ3n) is 15.7. The number of ether oxygens (including phenoxy) is 7. The Kier molecular flexibility index (Phi) is 26.9. The van der Waals surface area contributed by atoms with Crippen molar-refractivity contribution in [3.8, 4) is 17.2 Å². The molecule has 1 unspecified atom stereocenters. The topological polar surface area (TPSA) is 479 Å². The van der Waals surface area contributed by atoms with Crippen LogP contribution in [0.4, 0.5) is 0 Å². The lowest BCUT2D eigenvalue weighted by Gasteiger charge is -2.43. The largest absolute Gasteiger partial charge is 0.507 e. The molecule has 9 amide bonds. The van der Waals surface area contributed by atoms with Gasteiger partial charge in [0.2, 0.25) is 47.1 Å². The van der Waals surface area contributed by atoms with Crippen LogP contribution in [0, 0.1) is 11.3 Å². The number of aromatic hydroxyl groups is 2. The van der Waals surface area contributed by atoms with Gasteiger partial charge in [0.25, 0.3) is 11.8 Å². The van der Waals surface area contributed by atoms with Gasteiger partial charge in [-0.05, 0) is 39.2 Å². The molecular formula is C61H83N9O23. The average molecular weight is 1310 g/mol. The van der Waals surface area contributed by atoms with Gasteiger partial charge in [0, 0.05) is 74.0 Å². The first-order valence-electron chi connectivity index (χ1n) is 30.3. The van der Waals surface area contributed by atoms with Crippen molar-refractivity contribution in [1.82, 2.24) is 36.8 Å².